The molecule has 5 heteroatoms. The number of benzene rings is 2. The van der Waals surface area contributed by atoms with Crippen molar-refractivity contribution in [3.63, 3.8) is 0 Å². The number of primary amides is 1. The Bertz CT molecular complexity index is 481. The van der Waals surface area contributed by atoms with E-state index in [1.54, 1.807) is 0 Å². The summed E-state index contributed by atoms with van der Waals surface area (Å²) in [6.07, 6.45) is 0. The molecule has 3 rings (SSSR count). The van der Waals surface area contributed by atoms with E-state index in [0.717, 1.165) is 0 Å². The van der Waals surface area contributed by atoms with E-state index in [2.05, 4.69) is 65.9 Å². The molecule has 0 saturated carbocycles. The van der Waals surface area contributed by atoms with E-state index in [1.165, 1.54) is 22.3 Å². The van der Waals surface area contributed by atoms with Gasteiger partial charge in [0.2, 0.25) is 0 Å². The number of hydrazine groups is 2. The zero-order chi connectivity index (χ0) is 13.1. The molecule has 2 aromatic carbocycles. The summed E-state index contributed by atoms with van der Waals surface area (Å²) < 4.78 is 0. The number of rotatable bonds is 0. The Kier molecular flexibility index (Phi) is 3.27. The van der Waals surface area contributed by atoms with Crippen LogP contribution in [0, 0.1) is 0 Å². The molecule has 0 unspecified atom stereocenters. The third-order valence-electron chi connectivity index (χ3n) is 2.69. The monoisotopic (exact) mass is 242 g/mol. The van der Waals surface area contributed by atoms with Crippen LogP contribution in [0.1, 0.15) is 0 Å². The lowest BCUT2D eigenvalue weighted by atomic mass is 9.81. The standard InChI is InChI=1S/C12H8.CH6N4O/c1-2-6-10-9(5-1)11-7-3-4-8-12(10)11;2-1(6)5(3)4/h1-8H;3-4H2,(H2,2,6). The van der Waals surface area contributed by atoms with Crippen molar-refractivity contribution in [2.45, 2.75) is 0 Å². The van der Waals surface area contributed by atoms with Gasteiger partial charge in [0.25, 0.3) is 0 Å². The first-order valence-electron chi connectivity index (χ1n) is 5.39. The fourth-order valence-corrected chi connectivity index (χ4v) is 1.84. The smallest absolute Gasteiger partial charge is 0.343 e. The van der Waals surface area contributed by atoms with Gasteiger partial charge in [0.15, 0.2) is 0 Å². The van der Waals surface area contributed by atoms with Crippen molar-refractivity contribution in [1.29, 1.82) is 0 Å². The topological polar surface area (TPSA) is 98.4 Å². The maximum absolute atomic E-state index is 9.60. The second-order valence-corrected chi connectivity index (χ2v) is 3.84. The number of nitrogens with zero attached hydrogens (tertiary/aromatic N) is 1. The Hall–Kier alpha value is -2.37. The second kappa shape index (κ2) is 4.87. The molecule has 5 nitrogen and oxygen atoms in total. The minimum Gasteiger partial charge on any atom is -0.349 e. The van der Waals surface area contributed by atoms with E-state index < -0.39 is 6.03 Å². The SMILES string of the molecule is NC(=O)N(N)N.c1ccc2c(c1)-c1ccccc1-2. The van der Waals surface area contributed by atoms with Gasteiger partial charge in [-0.2, -0.15) is 5.12 Å². The highest BCUT2D eigenvalue weighted by Crippen LogP contribution is 2.46. The van der Waals surface area contributed by atoms with E-state index >= 15 is 0 Å². The molecule has 0 aromatic heterocycles. The molecule has 0 spiro atoms. The van der Waals surface area contributed by atoms with E-state index in [1.807, 2.05) is 0 Å². The van der Waals surface area contributed by atoms with Gasteiger partial charge in [0, 0.05) is 0 Å². The van der Waals surface area contributed by atoms with Crippen LogP contribution in [-0.2, 0) is 0 Å². The van der Waals surface area contributed by atoms with E-state index in [-0.39, 0.29) is 0 Å². The molecule has 0 radical (unpaired) electrons. The van der Waals surface area contributed by atoms with Gasteiger partial charge < -0.3 is 5.73 Å². The summed E-state index contributed by atoms with van der Waals surface area (Å²) in [5.74, 6) is 9.14. The van der Waals surface area contributed by atoms with Crippen molar-refractivity contribution in [3.05, 3.63) is 48.5 Å². The Labute approximate surface area is 105 Å². The number of hydrogen-bond acceptors (Lipinski definition) is 3. The fraction of sp³-hybridized carbons (Fsp3) is 0. The zero-order valence-electron chi connectivity index (χ0n) is 9.71. The molecule has 2 aromatic rings. The van der Waals surface area contributed by atoms with Crippen LogP contribution < -0.4 is 17.4 Å². The molecular formula is C13H14N4O. The molecule has 0 saturated heterocycles. The normalized spacial score (nSPS) is 10.1. The number of nitrogens with two attached hydrogens (primary N) is 3. The van der Waals surface area contributed by atoms with Gasteiger partial charge in [-0.3, -0.25) is 0 Å². The van der Waals surface area contributed by atoms with Gasteiger partial charge in [-0.1, -0.05) is 48.5 Å². The average Bonchev–Trinajstić information content (AvgIpc) is 2.36. The Morgan fingerprint density at radius 1 is 0.778 bits per heavy atom. The highest BCUT2D eigenvalue weighted by atomic mass is 16.2. The molecular weight excluding hydrogens is 228 g/mol. The van der Waals surface area contributed by atoms with Crippen LogP contribution in [0.3, 0.4) is 0 Å². The molecule has 0 aliphatic heterocycles. The Morgan fingerprint density at radius 2 is 1.00 bits per heavy atom. The van der Waals surface area contributed by atoms with Crippen LogP contribution in [0.5, 0.6) is 0 Å². The molecule has 1 aliphatic carbocycles. The Balaban J connectivity index is 0.000000174. The van der Waals surface area contributed by atoms with Gasteiger partial charge in [0.05, 0.1) is 0 Å². The predicted octanol–water partition coefficient (Wildman–Crippen LogP) is 1.45. The van der Waals surface area contributed by atoms with E-state index in [9.17, 15) is 4.79 Å². The fourth-order valence-electron chi connectivity index (χ4n) is 1.84. The Morgan fingerprint density at radius 3 is 1.17 bits per heavy atom. The minimum absolute atomic E-state index is 0.306. The molecule has 0 bridgehead atoms. The van der Waals surface area contributed by atoms with Gasteiger partial charge in [-0.25, -0.2) is 16.5 Å². The minimum atomic E-state index is -0.852. The number of carbonyl (C=O) groups is 1. The van der Waals surface area contributed by atoms with Crippen LogP contribution in [0.4, 0.5) is 4.79 Å². The summed E-state index contributed by atoms with van der Waals surface area (Å²) in [7, 11) is 0. The van der Waals surface area contributed by atoms with Crippen LogP contribution in [0.2, 0.25) is 0 Å². The molecule has 2 amide bonds. The maximum Gasteiger partial charge on any atom is 0.343 e. The summed E-state index contributed by atoms with van der Waals surface area (Å²) in [5.41, 5.74) is 10.1. The number of fused-ring (bicyclic) bond motifs is 4. The number of carbonyl (C=O) groups excluding carboxylic acids is 1. The molecule has 1 aliphatic rings. The number of urea groups is 1. The van der Waals surface area contributed by atoms with Crippen molar-refractivity contribution in [2.75, 3.05) is 0 Å². The van der Waals surface area contributed by atoms with Gasteiger partial charge in [-0.15, -0.1) is 0 Å². The first kappa shape index (κ1) is 12.1. The predicted molar refractivity (Wildman–Crippen MR) is 70.7 cm³/mol. The average molecular weight is 242 g/mol. The zero-order valence-corrected chi connectivity index (χ0v) is 9.71. The van der Waals surface area contributed by atoms with Crippen LogP contribution in [-0.4, -0.2) is 11.1 Å². The second-order valence-electron chi connectivity index (χ2n) is 3.84. The van der Waals surface area contributed by atoms with Crippen LogP contribution >= 0.6 is 0 Å². The molecule has 0 fully saturated rings. The molecule has 0 atom stereocenters. The first-order valence-corrected chi connectivity index (χ1v) is 5.39. The molecule has 6 N–H and O–H groups in total. The third-order valence-corrected chi connectivity index (χ3v) is 2.69. The molecule has 18 heavy (non-hydrogen) atoms. The van der Waals surface area contributed by atoms with Gasteiger partial charge >= 0.3 is 6.03 Å². The van der Waals surface area contributed by atoms with Gasteiger partial charge in [-0.05, 0) is 22.3 Å². The summed E-state index contributed by atoms with van der Waals surface area (Å²) in [6.45, 7) is 0. The van der Waals surface area contributed by atoms with E-state index in [4.69, 9.17) is 0 Å². The van der Waals surface area contributed by atoms with Crippen molar-refractivity contribution >= 4 is 6.03 Å². The third kappa shape index (κ3) is 2.17. The maximum atomic E-state index is 9.60. The highest BCUT2D eigenvalue weighted by molar-refractivity contribution is 6.02. The molecule has 92 valence electrons. The summed E-state index contributed by atoms with van der Waals surface area (Å²) in [5, 5.41) is 0.306. The lowest BCUT2D eigenvalue weighted by Crippen LogP contribution is -2.46. The van der Waals surface area contributed by atoms with Crippen LogP contribution in [0.15, 0.2) is 48.5 Å². The van der Waals surface area contributed by atoms with Crippen molar-refractivity contribution in [1.82, 2.24) is 5.12 Å². The molecule has 0 heterocycles. The quantitative estimate of drug-likeness (QED) is 0.316. The van der Waals surface area contributed by atoms with Gasteiger partial charge in [0.1, 0.15) is 0 Å². The first-order chi connectivity index (χ1) is 8.61. The number of hydrogen-bond donors (Lipinski definition) is 3. The number of amides is 2. The summed E-state index contributed by atoms with van der Waals surface area (Å²) in [4.78, 5) is 9.60. The lowest BCUT2D eigenvalue weighted by molar-refractivity contribution is 0.210. The van der Waals surface area contributed by atoms with E-state index in [0.29, 0.717) is 5.12 Å². The summed E-state index contributed by atoms with van der Waals surface area (Å²) in [6, 6.07) is 16.2. The highest BCUT2D eigenvalue weighted by Gasteiger charge is 2.19. The van der Waals surface area contributed by atoms with Crippen molar-refractivity contribution < 1.29 is 4.79 Å². The van der Waals surface area contributed by atoms with Crippen molar-refractivity contribution in [2.24, 2.45) is 17.4 Å². The largest absolute Gasteiger partial charge is 0.349 e. The summed E-state index contributed by atoms with van der Waals surface area (Å²) >= 11 is 0. The van der Waals surface area contributed by atoms with Crippen molar-refractivity contribution in [3.8, 4) is 22.3 Å². The van der Waals surface area contributed by atoms with Crippen LogP contribution in [0.25, 0.3) is 22.3 Å². The lowest BCUT2D eigenvalue weighted by Gasteiger charge is -2.22.